The van der Waals surface area contributed by atoms with Gasteiger partial charge in [0.05, 0.1) is 12.3 Å². The second kappa shape index (κ2) is 7.01. The highest BCUT2D eigenvalue weighted by Crippen LogP contribution is 2.22. The van der Waals surface area contributed by atoms with Crippen LogP contribution < -0.4 is 10.7 Å². The minimum absolute atomic E-state index is 0.237. The van der Waals surface area contributed by atoms with Gasteiger partial charge in [-0.1, -0.05) is 17.7 Å². The first-order valence-corrected chi connectivity index (χ1v) is 6.85. The van der Waals surface area contributed by atoms with Crippen molar-refractivity contribution in [1.29, 1.82) is 0 Å². The number of hydrogen-bond acceptors (Lipinski definition) is 5. The summed E-state index contributed by atoms with van der Waals surface area (Å²) < 4.78 is 4.91. The molecule has 0 fully saturated rings. The Hall–Kier alpha value is -2.45. The Morgan fingerprint density at radius 1 is 1.45 bits per heavy atom. The molecule has 0 saturated heterocycles. The number of nitrogens with zero attached hydrogens (tertiary/aromatic N) is 2. The maximum absolute atomic E-state index is 10.5. The second-order valence-electron chi connectivity index (χ2n) is 4.17. The van der Waals surface area contributed by atoms with Crippen molar-refractivity contribution in [3.05, 3.63) is 56.8 Å². The molecule has 22 heavy (non-hydrogen) atoms. The van der Waals surface area contributed by atoms with E-state index in [2.05, 4.69) is 15.8 Å². The molecule has 1 heterocycles. The molecule has 7 nitrogen and oxygen atoms in total. The summed E-state index contributed by atoms with van der Waals surface area (Å²) in [5.74, 6) is -0.113. The molecule has 0 aliphatic heterocycles. The average Bonchev–Trinajstić information content (AvgIpc) is 2.93. The predicted molar refractivity (Wildman–Crippen MR) is 88.5 cm³/mol. The van der Waals surface area contributed by atoms with Crippen molar-refractivity contribution < 1.29 is 9.34 Å². The van der Waals surface area contributed by atoms with Gasteiger partial charge in [0.15, 0.2) is 10.9 Å². The first kappa shape index (κ1) is 15.9. The molecular formula is C13H11ClN4O3S. The standard InChI is InChI=1S/C13H11ClN4O3S/c1-8-10(14)3-2-4-11(8)16-13(22)17-15-7-9-5-6-12(21-9)18(19)20/h2-7H,1H3,(H2,16,17,22)/b15-7-. The highest BCUT2D eigenvalue weighted by molar-refractivity contribution is 7.80. The summed E-state index contributed by atoms with van der Waals surface area (Å²) in [5, 5.41) is 18.1. The van der Waals surface area contributed by atoms with E-state index in [0.717, 1.165) is 11.3 Å². The molecule has 0 aliphatic rings. The molecule has 1 aromatic heterocycles. The van der Waals surface area contributed by atoms with Crippen LogP contribution in [0, 0.1) is 17.0 Å². The summed E-state index contributed by atoms with van der Waals surface area (Å²) >= 11 is 11.1. The monoisotopic (exact) mass is 338 g/mol. The number of hydrazone groups is 1. The van der Waals surface area contributed by atoms with Gasteiger partial charge in [-0.25, -0.2) is 0 Å². The lowest BCUT2D eigenvalue weighted by Gasteiger charge is -2.10. The van der Waals surface area contributed by atoms with Gasteiger partial charge in [0, 0.05) is 10.7 Å². The van der Waals surface area contributed by atoms with Crippen LogP contribution in [0.4, 0.5) is 11.6 Å². The normalized spacial score (nSPS) is 10.6. The van der Waals surface area contributed by atoms with Gasteiger partial charge in [0.25, 0.3) is 0 Å². The van der Waals surface area contributed by atoms with Gasteiger partial charge < -0.3 is 9.73 Å². The van der Waals surface area contributed by atoms with E-state index >= 15 is 0 Å². The van der Waals surface area contributed by atoms with Gasteiger partial charge >= 0.3 is 5.88 Å². The fourth-order valence-corrected chi connectivity index (χ4v) is 1.89. The average molecular weight is 339 g/mol. The molecule has 0 unspecified atom stereocenters. The lowest BCUT2D eigenvalue weighted by atomic mass is 10.2. The van der Waals surface area contributed by atoms with Crippen LogP contribution in [-0.4, -0.2) is 16.3 Å². The molecular weight excluding hydrogens is 328 g/mol. The number of halogens is 1. The van der Waals surface area contributed by atoms with Crippen molar-refractivity contribution in [2.75, 3.05) is 5.32 Å². The number of furan rings is 1. The van der Waals surface area contributed by atoms with Gasteiger partial charge in [0.1, 0.15) is 4.92 Å². The summed E-state index contributed by atoms with van der Waals surface area (Å²) in [4.78, 5) is 9.84. The third kappa shape index (κ3) is 4.03. The van der Waals surface area contributed by atoms with Crippen LogP contribution in [0.2, 0.25) is 5.02 Å². The van der Waals surface area contributed by atoms with Crippen LogP contribution >= 0.6 is 23.8 Å². The minimum Gasteiger partial charge on any atom is -0.400 e. The zero-order valence-corrected chi connectivity index (χ0v) is 12.9. The maximum atomic E-state index is 10.5. The Kier molecular flexibility index (Phi) is 5.08. The van der Waals surface area contributed by atoms with Crippen molar-refractivity contribution in [3.8, 4) is 0 Å². The molecule has 2 aromatic rings. The summed E-state index contributed by atoms with van der Waals surface area (Å²) in [7, 11) is 0. The number of rotatable bonds is 4. The number of hydrogen-bond donors (Lipinski definition) is 2. The summed E-state index contributed by atoms with van der Waals surface area (Å²) in [6.45, 7) is 1.86. The number of thiocarbonyl (C=S) groups is 1. The zero-order valence-electron chi connectivity index (χ0n) is 11.4. The maximum Gasteiger partial charge on any atom is 0.433 e. The molecule has 0 amide bonds. The van der Waals surface area contributed by atoms with Gasteiger partial charge in [0.2, 0.25) is 0 Å². The van der Waals surface area contributed by atoms with Crippen LogP contribution in [0.15, 0.2) is 39.9 Å². The van der Waals surface area contributed by atoms with Crippen LogP contribution in [0.3, 0.4) is 0 Å². The number of nitrogens with one attached hydrogen (secondary N) is 2. The van der Waals surface area contributed by atoms with Crippen LogP contribution in [-0.2, 0) is 0 Å². The topological polar surface area (TPSA) is 92.7 Å². The first-order valence-electron chi connectivity index (χ1n) is 6.07. The third-order valence-corrected chi connectivity index (χ3v) is 3.27. The largest absolute Gasteiger partial charge is 0.433 e. The highest BCUT2D eigenvalue weighted by atomic mass is 35.5. The van der Waals surface area contributed by atoms with Crippen LogP contribution in [0.5, 0.6) is 0 Å². The molecule has 2 N–H and O–H groups in total. The molecule has 0 saturated carbocycles. The SMILES string of the molecule is Cc1c(Cl)cccc1NC(=S)N/N=C\c1ccc([N+](=O)[O-])o1. The molecule has 0 aliphatic carbocycles. The lowest BCUT2D eigenvalue weighted by Crippen LogP contribution is -2.24. The van der Waals surface area contributed by atoms with Crippen molar-refractivity contribution >= 4 is 46.7 Å². The van der Waals surface area contributed by atoms with Crippen molar-refractivity contribution in [2.24, 2.45) is 5.10 Å². The van der Waals surface area contributed by atoms with E-state index in [1.807, 2.05) is 13.0 Å². The molecule has 0 spiro atoms. The van der Waals surface area contributed by atoms with Crippen molar-refractivity contribution in [2.45, 2.75) is 6.92 Å². The predicted octanol–water partition coefficient (Wildman–Crippen LogP) is 3.47. The molecule has 9 heteroatoms. The van der Waals surface area contributed by atoms with Gasteiger partial charge in [-0.2, -0.15) is 5.10 Å². The Bertz CT molecular complexity index is 745. The summed E-state index contributed by atoms with van der Waals surface area (Å²) in [6, 6.07) is 8.08. The number of benzene rings is 1. The smallest absolute Gasteiger partial charge is 0.400 e. The van der Waals surface area contributed by atoms with E-state index in [4.69, 9.17) is 28.2 Å². The molecule has 0 radical (unpaired) electrons. The van der Waals surface area contributed by atoms with E-state index < -0.39 is 4.92 Å². The fourth-order valence-electron chi connectivity index (χ4n) is 1.56. The van der Waals surface area contributed by atoms with E-state index in [1.165, 1.54) is 18.3 Å². The molecule has 0 bridgehead atoms. The number of anilines is 1. The van der Waals surface area contributed by atoms with Crippen molar-refractivity contribution in [1.82, 2.24) is 5.43 Å². The Balaban J connectivity index is 1.93. The van der Waals surface area contributed by atoms with Crippen LogP contribution in [0.25, 0.3) is 0 Å². The quantitative estimate of drug-likeness (QED) is 0.384. The molecule has 1 aromatic carbocycles. The molecule has 114 valence electrons. The van der Waals surface area contributed by atoms with Gasteiger partial charge in [-0.3, -0.25) is 15.5 Å². The van der Waals surface area contributed by atoms with Gasteiger partial charge in [-0.05, 0) is 42.9 Å². The highest BCUT2D eigenvalue weighted by Gasteiger charge is 2.10. The van der Waals surface area contributed by atoms with E-state index in [-0.39, 0.29) is 16.8 Å². The Morgan fingerprint density at radius 2 is 2.23 bits per heavy atom. The lowest BCUT2D eigenvalue weighted by molar-refractivity contribution is -0.402. The molecule has 0 atom stereocenters. The van der Waals surface area contributed by atoms with Crippen molar-refractivity contribution in [3.63, 3.8) is 0 Å². The van der Waals surface area contributed by atoms with E-state index in [1.54, 1.807) is 12.1 Å². The van der Waals surface area contributed by atoms with E-state index in [9.17, 15) is 10.1 Å². The third-order valence-electron chi connectivity index (χ3n) is 2.67. The molecule has 2 rings (SSSR count). The summed E-state index contributed by atoms with van der Waals surface area (Å²) in [6.07, 6.45) is 1.28. The summed E-state index contributed by atoms with van der Waals surface area (Å²) in [5.41, 5.74) is 4.20. The number of nitro groups is 1. The Morgan fingerprint density at radius 3 is 2.91 bits per heavy atom. The first-order chi connectivity index (χ1) is 10.5. The Labute approximate surface area is 136 Å². The fraction of sp³-hybridized carbons (Fsp3) is 0.0769. The van der Waals surface area contributed by atoms with Gasteiger partial charge in [-0.15, -0.1) is 0 Å². The van der Waals surface area contributed by atoms with E-state index in [0.29, 0.717) is 5.02 Å². The zero-order chi connectivity index (χ0) is 16.1. The van der Waals surface area contributed by atoms with Crippen LogP contribution in [0.1, 0.15) is 11.3 Å². The second-order valence-corrected chi connectivity index (χ2v) is 4.99. The minimum atomic E-state index is -0.626.